The summed E-state index contributed by atoms with van der Waals surface area (Å²) in [6.07, 6.45) is -1.20. The van der Waals surface area contributed by atoms with E-state index in [4.69, 9.17) is 5.11 Å². The van der Waals surface area contributed by atoms with Crippen LogP contribution in [0.4, 0.5) is 14.9 Å². The van der Waals surface area contributed by atoms with Crippen molar-refractivity contribution in [3.8, 4) is 22.5 Å². The first kappa shape index (κ1) is 13.7. The number of H-pyrrole nitrogens is 1. The molecule has 2 aromatic carbocycles. The van der Waals surface area contributed by atoms with Crippen molar-refractivity contribution >= 4 is 11.8 Å². The van der Waals surface area contributed by atoms with Gasteiger partial charge in [-0.3, -0.25) is 5.32 Å². The molecule has 0 aliphatic carbocycles. The molecule has 1 aromatic heterocycles. The Morgan fingerprint density at radius 2 is 1.86 bits per heavy atom. The maximum atomic E-state index is 13.0. The van der Waals surface area contributed by atoms with Gasteiger partial charge in [0.15, 0.2) is 0 Å². The smallest absolute Gasteiger partial charge is 0.409 e. The van der Waals surface area contributed by atoms with E-state index in [1.807, 2.05) is 0 Å². The Balaban J connectivity index is 2.09. The van der Waals surface area contributed by atoms with Gasteiger partial charge in [-0.2, -0.15) is 5.21 Å². The fraction of sp³-hybridized carbons (Fsp3) is 0. The lowest BCUT2D eigenvalue weighted by atomic mass is 10.0. The summed E-state index contributed by atoms with van der Waals surface area (Å²) in [6, 6.07) is 11.0. The number of aromatic nitrogens is 4. The predicted molar refractivity (Wildman–Crippen MR) is 76.7 cm³/mol. The number of hydrogen-bond donors (Lipinski definition) is 3. The number of carboxylic acid groups (broad SMARTS) is 1. The van der Waals surface area contributed by atoms with E-state index in [0.717, 1.165) is 11.1 Å². The normalized spacial score (nSPS) is 10.4. The molecule has 22 heavy (non-hydrogen) atoms. The summed E-state index contributed by atoms with van der Waals surface area (Å²) in [6.45, 7) is 0. The van der Waals surface area contributed by atoms with E-state index in [1.165, 1.54) is 12.1 Å². The minimum Gasteiger partial charge on any atom is -0.465 e. The third-order valence-electron chi connectivity index (χ3n) is 3.02. The van der Waals surface area contributed by atoms with Gasteiger partial charge in [-0.05, 0) is 40.6 Å². The summed E-state index contributed by atoms with van der Waals surface area (Å²) >= 11 is 0. The van der Waals surface area contributed by atoms with Gasteiger partial charge in [0.1, 0.15) is 5.82 Å². The molecule has 0 atom stereocenters. The fourth-order valence-electron chi connectivity index (χ4n) is 2.05. The van der Waals surface area contributed by atoms with Crippen molar-refractivity contribution < 1.29 is 14.3 Å². The maximum absolute atomic E-state index is 13.0. The Morgan fingerprint density at radius 3 is 2.50 bits per heavy atom. The number of amides is 1. The Bertz CT molecular complexity index is 803. The molecule has 8 heteroatoms. The summed E-state index contributed by atoms with van der Waals surface area (Å²) in [7, 11) is 0. The van der Waals surface area contributed by atoms with Crippen LogP contribution in [-0.2, 0) is 0 Å². The van der Waals surface area contributed by atoms with Gasteiger partial charge < -0.3 is 5.11 Å². The average Bonchev–Trinajstić information content (AvgIpc) is 3.02. The van der Waals surface area contributed by atoms with Crippen molar-refractivity contribution in [1.82, 2.24) is 20.6 Å². The molecule has 0 aliphatic rings. The number of benzene rings is 2. The molecule has 7 nitrogen and oxygen atoms in total. The van der Waals surface area contributed by atoms with Crippen LogP contribution < -0.4 is 5.32 Å². The number of nitrogens with zero attached hydrogens (tertiary/aromatic N) is 3. The van der Waals surface area contributed by atoms with Gasteiger partial charge in [-0.1, -0.05) is 18.2 Å². The Kier molecular flexibility index (Phi) is 3.48. The van der Waals surface area contributed by atoms with Crippen LogP contribution >= 0.6 is 0 Å². The van der Waals surface area contributed by atoms with Crippen LogP contribution in [0.3, 0.4) is 0 Å². The molecule has 3 aromatic rings. The minimum absolute atomic E-state index is 0.257. The number of nitrogens with one attached hydrogen (secondary N) is 2. The lowest BCUT2D eigenvalue weighted by Crippen LogP contribution is -2.08. The van der Waals surface area contributed by atoms with Crippen LogP contribution in [-0.4, -0.2) is 31.8 Å². The number of aromatic amines is 1. The lowest BCUT2D eigenvalue weighted by Gasteiger charge is -2.09. The minimum atomic E-state index is -1.20. The van der Waals surface area contributed by atoms with Gasteiger partial charge in [0.25, 0.3) is 0 Å². The molecule has 0 fully saturated rings. The van der Waals surface area contributed by atoms with E-state index in [2.05, 4.69) is 25.9 Å². The van der Waals surface area contributed by atoms with Crippen LogP contribution in [0, 0.1) is 5.82 Å². The van der Waals surface area contributed by atoms with Gasteiger partial charge in [-0.25, -0.2) is 9.18 Å². The maximum Gasteiger partial charge on any atom is 0.409 e. The van der Waals surface area contributed by atoms with Crippen molar-refractivity contribution in [3.63, 3.8) is 0 Å². The molecular formula is C14H10FN5O2. The summed E-state index contributed by atoms with van der Waals surface area (Å²) in [5, 5.41) is 24.7. The van der Waals surface area contributed by atoms with Crippen LogP contribution in [0.25, 0.3) is 22.5 Å². The third-order valence-corrected chi connectivity index (χ3v) is 3.02. The molecule has 0 saturated carbocycles. The SMILES string of the molecule is O=C(O)Nc1ccc(-c2ccc(F)cc2)cc1-c1nn[nH]n1. The van der Waals surface area contributed by atoms with E-state index >= 15 is 0 Å². The van der Waals surface area contributed by atoms with Gasteiger partial charge in [0.05, 0.1) is 5.69 Å². The molecule has 110 valence electrons. The second kappa shape index (κ2) is 5.60. The highest BCUT2D eigenvalue weighted by Gasteiger charge is 2.13. The highest BCUT2D eigenvalue weighted by Crippen LogP contribution is 2.30. The summed E-state index contributed by atoms with van der Waals surface area (Å²) < 4.78 is 13.0. The van der Waals surface area contributed by atoms with Crippen LogP contribution in [0.1, 0.15) is 0 Å². The fourth-order valence-corrected chi connectivity index (χ4v) is 2.05. The number of rotatable bonds is 3. The zero-order valence-corrected chi connectivity index (χ0v) is 11.1. The first-order chi connectivity index (χ1) is 10.6. The van der Waals surface area contributed by atoms with Crippen molar-refractivity contribution in [2.75, 3.05) is 5.32 Å². The van der Waals surface area contributed by atoms with Gasteiger partial charge in [-0.15, -0.1) is 10.2 Å². The Hall–Kier alpha value is -3.29. The summed E-state index contributed by atoms with van der Waals surface area (Å²) in [5.41, 5.74) is 2.36. The first-order valence-electron chi connectivity index (χ1n) is 6.27. The standard InChI is InChI=1S/C14H10FN5O2/c15-10-4-1-8(2-5-10)9-3-6-12(16-14(21)22)11(7-9)13-17-19-20-18-13/h1-7,16H,(H,21,22)(H,17,18,19,20). The van der Waals surface area contributed by atoms with E-state index in [9.17, 15) is 9.18 Å². The zero-order valence-electron chi connectivity index (χ0n) is 11.1. The molecule has 0 radical (unpaired) electrons. The quantitative estimate of drug-likeness (QED) is 0.690. The molecule has 0 spiro atoms. The third kappa shape index (κ3) is 2.75. The number of halogens is 1. The number of carbonyl (C=O) groups is 1. The molecule has 0 unspecified atom stereocenters. The second-order valence-electron chi connectivity index (χ2n) is 4.43. The van der Waals surface area contributed by atoms with Crippen LogP contribution in [0.2, 0.25) is 0 Å². The van der Waals surface area contributed by atoms with Crippen LogP contribution in [0.15, 0.2) is 42.5 Å². The first-order valence-corrected chi connectivity index (χ1v) is 6.27. The van der Waals surface area contributed by atoms with E-state index in [0.29, 0.717) is 11.3 Å². The average molecular weight is 299 g/mol. The Morgan fingerprint density at radius 1 is 1.14 bits per heavy atom. The zero-order chi connectivity index (χ0) is 15.5. The van der Waals surface area contributed by atoms with Crippen molar-refractivity contribution in [2.45, 2.75) is 0 Å². The van der Waals surface area contributed by atoms with Gasteiger partial charge in [0.2, 0.25) is 5.82 Å². The van der Waals surface area contributed by atoms with Gasteiger partial charge in [0, 0.05) is 5.56 Å². The molecule has 0 saturated heterocycles. The van der Waals surface area contributed by atoms with Crippen LogP contribution in [0.5, 0.6) is 0 Å². The Labute approximate surface area is 123 Å². The highest BCUT2D eigenvalue weighted by molar-refractivity contribution is 5.90. The molecule has 3 N–H and O–H groups in total. The van der Waals surface area contributed by atoms with Crippen molar-refractivity contribution in [3.05, 3.63) is 48.3 Å². The number of tetrazole rings is 1. The largest absolute Gasteiger partial charge is 0.465 e. The molecular weight excluding hydrogens is 289 g/mol. The summed E-state index contributed by atoms with van der Waals surface area (Å²) in [4.78, 5) is 10.9. The van der Waals surface area contributed by atoms with E-state index in [-0.39, 0.29) is 11.6 Å². The number of hydrogen-bond acceptors (Lipinski definition) is 4. The molecule has 0 aliphatic heterocycles. The number of anilines is 1. The molecule has 1 amide bonds. The molecule has 0 bridgehead atoms. The van der Waals surface area contributed by atoms with Gasteiger partial charge >= 0.3 is 6.09 Å². The van der Waals surface area contributed by atoms with Crippen molar-refractivity contribution in [1.29, 1.82) is 0 Å². The van der Waals surface area contributed by atoms with E-state index in [1.54, 1.807) is 30.3 Å². The molecule has 1 heterocycles. The summed E-state index contributed by atoms with van der Waals surface area (Å²) in [5.74, 6) is -0.0704. The van der Waals surface area contributed by atoms with Crippen molar-refractivity contribution in [2.24, 2.45) is 0 Å². The van der Waals surface area contributed by atoms with E-state index < -0.39 is 6.09 Å². The molecule has 3 rings (SSSR count). The lowest BCUT2D eigenvalue weighted by molar-refractivity contribution is 0.210. The predicted octanol–water partition coefficient (Wildman–Crippen LogP) is 2.76. The highest BCUT2D eigenvalue weighted by atomic mass is 19.1. The topological polar surface area (TPSA) is 104 Å². The monoisotopic (exact) mass is 299 g/mol. The second-order valence-corrected chi connectivity index (χ2v) is 4.43.